The summed E-state index contributed by atoms with van der Waals surface area (Å²) in [5.41, 5.74) is 6.11. The molecule has 1 saturated heterocycles. The number of thioether (sulfide) groups is 1. The first-order valence-corrected chi connectivity index (χ1v) is 10.9. The van der Waals surface area contributed by atoms with E-state index < -0.39 is 35.7 Å². The predicted molar refractivity (Wildman–Crippen MR) is 107 cm³/mol. The molecule has 0 bridgehead atoms. The van der Waals surface area contributed by atoms with Gasteiger partial charge in [0.05, 0.1) is 18.7 Å². The van der Waals surface area contributed by atoms with Crippen molar-refractivity contribution in [1.29, 1.82) is 0 Å². The molecule has 3 heterocycles. The Hall–Kier alpha value is -2.80. The fourth-order valence-electron chi connectivity index (χ4n) is 2.84. The quantitative estimate of drug-likeness (QED) is 0.339. The second-order valence-corrected chi connectivity index (χ2v) is 8.23. The normalized spacial score (nSPS) is 20.9. The summed E-state index contributed by atoms with van der Waals surface area (Å²) in [6.45, 7) is 3.09. The number of hydrogen-bond acceptors (Lipinski definition) is 11. The maximum atomic E-state index is 12.6. The molecule has 1 aromatic rings. The summed E-state index contributed by atoms with van der Waals surface area (Å²) in [4.78, 5) is 53.8. The number of hydrogen-bond donors (Lipinski definition) is 2. The summed E-state index contributed by atoms with van der Waals surface area (Å²) >= 11 is 2.63. The Morgan fingerprint density at radius 2 is 2.17 bits per heavy atom. The number of thiazole rings is 1. The minimum atomic E-state index is -1.19. The Bertz CT molecular complexity index is 887. The van der Waals surface area contributed by atoms with Gasteiger partial charge in [-0.2, -0.15) is 0 Å². The largest absolute Gasteiger partial charge is 0.511 e. The first kappa shape index (κ1) is 21.9. The highest BCUT2D eigenvalue weighted by atomic mass is 32.2. The van der Waals surface area contributed by atoms with Crippen LogP contribution in [0.1, 0.15) is 19.5 Å². The smallest absolute Gasteiger partial charge is 0.435 e. The van der Waals surface area contributed by atoms with E-state index in [2.05, 4.69) is 15.0 Å². The van der Waals surface area contributed by atoms with E-state index in [1.165, 1.54) is 34.9 Å². The van der Waals surface area contributed by atoms with Crippen molar-refractivity contribution in [3.8, 4) is 0 Å². The maximum absolute atomic E-state index is 12.6. The van der Waals surface area contributed by atoms with E-state index in [0.29, 0.717) is 16.6 Å². The van der Waals surface area contributed by atoms with E-state index in [1.54, 1.807) is 18.4 Å². The minimum Gasteiger partial charge on any atom is -0.435 e. The van der Waals surface area contributed by atoms with Crippen molar-refractivity contribution in [3.63, 3.8) is 0 Å². The maximum Gasteiger partial charge on any atom is 0.511 e. The van der Waals surface area contributed by atoms with Gasteiger partial charge in [0.1, 0.15) is 17.1 Å². The highest BCUT2D eigenvalue weighted by molar-refractivity contribution is 8.00. The molecule has 30 heavy (non-hydrogen) atoms. The number of amides is 2. The molecule has 3 atom stereocenters. The lowest BCUT2D eigenvalue weighted by atomic mass is 10.0. The van der Waals surface area contributed by atoms with Gasteiger partial charge in [0, 0.05) is 18.1 Å². The number of fused-ring (bicyclic) bond motifs is 1. The average molecular weight is 457 g/mol. The fourth-order valence-corrected chi connectivity index (χ4v) is 4.60. The van der Waals surface area contributed by atoms with Gasteiger partial charge in [-0.05, 0) is 13.0 Å². The number of nitrogen functional groups attached to an aromatic ring is 1. The molecule has 11 nitrogen and oxygen atoms in total. The highest BCUT2D eigenvalue weighted by Gasteiger charge is 2.53. The number of nitrogens with zero attached hydrogens (tertiary/aromatic N) is 2. The van der Waals surface area contributed by atoms with Crippen molar-refractivity contribution in [3.05, 3.63) is 22.8 Å². The molecular formula is C17H20N4O7S2. The summed E-state index contributed by atoms with van der Waals surface area (Å²) in [6.07, 6.45) is -0.604. The van der Waals surface area contributed by atoms with Crippen LogP contribution in [0.25, 0.3) is 0 Å². The number of carbonyl (C=O) groups excluding carboxylic acids is 4. The van der Waals surface area contributed by atoms with Crippen LogP contribution in [0, 0.1) is 0 Å². The molecule has 2 aliphatic rings. The summed E-state index contributed by atoms with van der Waals surface area (Å²) < 4.78 is 14.5. The second kappa shape index (κ2) is 9.34. The van der Waals surface area contributed by atoms with Crippen LogP contribution in [0.3, 0.4) is 0 Å². The summed E-state index contributed by atoms with van der Waals surface area (Å²) in [5.74, 6) is -1.16. The zero-order valence-electron chi connectivity index (χ0n) is 16.2. The number of rotatable bonds is 7. The van der Waals surface area contributed by atoms with Gasteiger partial charge >= 0.3 is 12.1 Å². The van der Waals surface area contributed by atoms with Crippen LogP contribution in [0.4, 0.5) is 9.93 Å². The van der Waals surface area contributed by atoms with Crippen LogP contribution in [-0.4, -0.2) is 63.9 Å². The van der Waals surface area contributed by atoms with Gasteiger partial charge in [0.15, 0.2) is 5.13 Å². The molecule has 3 rings (SSSR count). The number of anilines is 1. The van der Waals surface area contributed by atoms with Gasteiger partial charge in [-0.15, -0.1) is 23.1 Å². The molecule has 3 N–H and O–H groups in total. The third-order valence-electron chi connectivity index (χ3n) is 4.08. The number of carbonyl (C=O) groups is 4. The molecule has 2 unspecified atom stereocenters. The van der Waals surface area contributed by atoms with Crippen LogP contribution in [0.5, 0.6) is 0 Å². The Morgan fingerprint density at radius 3 is 2.83 bits per heavy atom. The van der Waals surface area contributed by atoms with E-state index in [1.807, 2.05) is 0 Å². The first-order valence-electron chi connectivity index (χ1n) is 8.98. The molecular weight excluding hydrogens is 436 g/mol. The van der Waals surface area contributed by atoms with E-state index >= 15 is 0 Å². The Kier molecular flexibility index (Phi) is 6.82. The van der Waals surface area contributed by atoms with Gasteiger partial charge in [-0.1, -0.05) is 0 Å². The van der Waals surface area contributed by atoms with Crippen LogP contribution < -0.4 is 11.1 Å². The number of nitrogens with two attached hydrogens (primary N) is 1. The molecule has 0 spiro atoms. The highest BCUT2D eigenvalue weighted by Crippen LogP contribution is 2.38. The number of β-lactam (4-membered cyclic amide) rings is 1. The third-order valence-corrected chi connectivity index (χ3v) is 5.99. The monoisotopic (exact) mass is 456 g/mol. The van der Waals surface area contributed by atoms with Crippen LogP contribution >= 0.6 is 23.1 Å². The number of esters is 1. The van der Waals surface area contributed by atoms with Gasteiger partial charge in [0.2, 0.25) is 12.2 Å². The second-order valence-electron chi connectivity index (χ2n) is 6.19. The van der Waals surface area contributed by atoms with Crippen LogP contribution in [-0.2, 0) is 35.0 Å². The zero-order valence-corrected chi connectivity index (χ0v) is 17.8. The molecule has 2 amide bonds. The number of ether oxygens (including phenoxy) is 3. The van der Waals surface area contributed by atoms with Crippen LogP contribution in [0.2, 0.25) is 0 Å². The van der Waals surface area contributed by atoms with Crippen molar-refractivity contribution in [1.82, 2.24) is 15.2 Å². The fraction of sp³-hybridized carbons (Fsp3) is 0.471. The van der Waals surface area contributed by atoms with Crippen molar-refractivity contribution in [2.24, 2.45) is 0 Å². The summed E-state index contributed by atoms with van der Waals surface area (Å²) in [7, 11) is 0. The Morgan fingerprint density at radius 1 is 1.40 bits per heavy atom. The minimum absolute atomic E-state index is 0.00230. The molecule has 1 aromatic heterocycles. The van der Waals surface area contributed by atoms with Gasteiger partial charge in [-0.3, -0.25) is 14.5 Å². The van der Waals surface area contributed by atoms with Gasteiger partial charge in [0.25, 0.3) is 5.91 Å². The molecule has 0 aromatic carbocycles. The third kappa shape index (κ3) is 4.84. The summed E-state index contributed by atoms with van der Waals surface area (Å²) in [5, 5.41) is 4.27. The van der Waals surface area contributed by atoms with Gasteiger partial charge in [-0.25, -0.2) is 14.6 Å². The van der Waals surface area contributed by atoms with Crippen molar-refractivity contribution in [2.75, 3.05) is 18.1 Å². The predicted octanol–water partition coefficient (Wildman–Crippen LogP) is 0.614. The molecule has 0 aliphatic carbocycles. The Labute approximate surface area is 179 Å². The number of aromatic nitrogens is 1. The molecule has 162 valence electrons. The van der Waals surface area contributed by atoms with E-state index in [0.717, 1.165) is 0 Å². The lowest BCUT2D eigenvalue weighted by Gasteiger charge is -2.48. The van der Waals surface area contributed by atoms with Gasteiger partial charge < -0.3 is 25.3 Å². The van der Waals surface area contributed by atoms with Crippen molar-refractivity contribution < 1.29 is 33.4 Å². The van der Waals surface area contributed by atoms with Crippen molar-refractivity contribution in [2.45, 2.75) is 38.0 Å². The average Bonchev–Trinajstić information content (AvgIpc) is 3.09. The SMILES string of the molecule is CCOC(=O)OC(C)OC(=O)C1=CCS[C@@H]2C(NC(=O)Cc3csc(N)n3)C(=O)N12. The first-order chi connectivity index (χ1) is 14.3. The van der Waals surface area contributed by atoms with E-state index in [4.69, 9.17) is 15.2 Å². The molecule has 13 heteroatoms. The van der Waals surface area contributed by atoms with E-state index in [9.17, 15) is 19.2 Å². The number of nitrogens with one attached hydrogen (secondary N) is 1. The zero-order chi connectivity index (χ0) is 21.8. The van der Waals surface area contributed by atoms with Crippen molar-refractivity contribution >= 4 is 52.2 Å². The Balaban J connectivity index is 1.55. The lowest BCUT2D eigenvalue weighted by Crippen LogP contribution is -2.70. The standard InChI is InChI=1S/C17H20N4O7S2/c1-3-26-17(25)28-8(2)27-15(24)10-4-5-29-14-12(13(23)21(10)14)20-11(22)6-9-7-30-16(18)19-9/h4,7-8,12,14H,3,5-6H2,1-2H3,(H2,18,19)(H,20,22)/t8?,12?,14-/m1/s1. The van der Waals surface area contributed by atoms with E-state index in [-0.39, 0.29) is 24.6 Å². The topological polar surface area (TPSA) is 150 Å². The summed E-state index contributed by atoms with van der Waals surface area (Å²) in [6, 6.07) is -0.761. The lowest BCUT2D eigenvalue weighted by molar-refractivity contribution is -0.168. The molecule has 0 radical (unpaired) electrons. The van der Waals surface area contributed by atoms with Crippen LogP contribution in [0.15, 0.2) is 17.2 Å². The molecule has 2 aliphatic heterocycles. The molecule has 1 fully saturated rings. The molecule has 0 saturated carbocycles.